The van der Waals surface area contributed by atoms with E-state index < -0.39 is 0 Å². The van der Waals surface area contributed by atoms with Crippen LogP contribution in [0.25, 0.3) is 10.9 Å². The average Bonchev–Trinajstić information content (AvgIpc) is 2.61. The normalized spacial score (nSPS) is 15.5. The molecule has 3 rings (SSSR count). The van der Waals surface area contributed by atoms with Crippen LogP contribution in [0, 0.1) is 0 Å². The summed E-state index contributed by atoms with van der Waals surface area (Å²) in [7, 11) is 0. The summed E-state index contributed by atoms with van der Waals surface area (Å²) in [5.41, 5.74) is 0.788. The van der Waals surface area contributed by atoms with Crippen molar-refractivity contribution in [2.75, 3.05) is 32.8 Å². The van der Waals surface area contributed by atoms with E-state index in [1.807, 2.05) is 30.3 Å². The van der Waals surface area contributed by atoms with Gasteiger partial charge >= 0.3 is 0 Å². The van der Waals surface area contributed by atoms with Crippen LogP contribution in [0.5, 0.6) is 5.75 Å². The first-order valence-corrected chi connectivity index (χ1v) is 8.28. The molecule has 1 aliphatic heterocycles. The van der Waals surface area contributed by atoms with E-state index in [0.29, 0.717) is 12.3 Å². The summed E-state index contributed by atoms with van der Waals surface area (Å²) < 4.78 is 5.64. The number of hydrogen-bond donors (Lipinski definition) is 1. The molecule has 5 nitrogen and oxygen atoms in total. The molecular formula is C18H23N3O2. The van der Waals surface area contributed by atoms with Crippen LogP contribution in [-0.2, 0) is 4.79 Å². The van der Waals surface area contributed by atoms with Crippen molar-refractivity contribution in [2.45, 2.75) is 19.3 Å². The van der Waals surface area contributed by atoms with E-state index in [1.165, 1.54) is 19.3 Å². The first-order chi connectivity index (χ1) is 11.3. The van der Waals surface area contributed by atoms with E-state index in [9.17, 15) is 4.79 Å². The van der Waals surface area contributed by atoms with E-state index >= 15 is 0 Å². The Kier molecular flexibility index (Phi) is 5.42. The third-order valence-corrected chi connectivity index (χ3v) is 4.15. The highest BCUT2D eigenvalue weighted by atomic mass is 16.5. The highest BCUT2D eigenvalue weighted by Crippen LogP contribution is 2.22. The second-order valence-corrected chi connectivity index (χ2v) is 5.87. The number of amides is 1. The Hall–Kier alpha value is -2.14. The molecule has 1 N–H and O–H groups in total. The zero-order valence-electron chi connectivity index (χ0n) is 13.3. The second-order valence-electron chi connectivity index (χ2n) is 5.87. The largest absolute Gasteiger partial charge is 0.481 e. The first kappa shape index (κ1) is 15.7. The van der Waals surface area contributed by atoms with E-state index in [1.54, 1.807) is 6.20 Å². The van der Waals surface area contributed by atoms with Crippen LogP contribution in [0.2, 0.25) is 0 Å². The molecule has 1 fully saturated rings. The van der Waals surface area contributed by atoms with Crippen molar-refractivity contribution in [2.24, 2.45) is 0 Å². The Morgan fingerprint density at radius 2 is 2.00 bits per heavy atom. The highest BCUT2D eigenvalue weighted by Gasteiger charge is 2.10. The number of benzene rings is 1. The number of ether oxygens (including phenoxy) is 1. The van der Waals surface area contributed by atoms with Crippen molar-refractivity contribution in [1.82, 2.24) is 15.2 Å². The predicted octanol–water partition coefficient (Wildman–Crippen LogP) is 2.22. The Balaban J connectivity index is 1.45. The second kappa shape index (κ2) is 7.92. The number of fused-ring (bicyclic) bond motifs is 1. The molecule has 5 heteroatoms. The molecule has 0 unspecified atom stereocenters. The minimum absolute atomic E-state index is 0.0235. The van der Waals surface area contributed by atoms with Crippen molar-refractivity contribution >= 4 is 16.8 Å². The van der Waals surface area contributed by atoms with E-state index in [2.05, 4.69) is 15.2 Å². The molecule has 1 amide bonds. The Bertz CT molecular complexity index is 648. The van der Waals surface area contributed by atoms with Gasteiger partial charge in [0.25, 0.3) is 5.91 Å². The lowest BCUT2D eigenvalue weighted by Gasteiger charge is -2.26. The van der Waals surface area contributed by atoms with Gasteiger partial charge in [0.2, 0.25) is 0 Å². The molecule has 1 aliphatic rings. The van der Waals surface area contributed by atoms with Crippen LogP contribution >= 0.6 is 0 Å². The van der Waals surface area contributed by atoms with Crippen LogP contribution < -0.4 is 10.1 Å². The lowest BCUT2D eigenvalue weighted by atomic mass is 10.1. The van der Waals surface area contributed by atoms with Crippen LogP contribution in [0.3, 0.4) is 0 Å². The molecule has 0 aliphatic carbocycles. The Morgan fingerprint density at radius 1 is 1.17 bits per heavy atom. The van der Waals surface area contributed by atoms with Crippen molar-refractivity contribution in [3.8, 4) is 5.75 Å². The van der Waals surface area contributed by atoms with E-state index in [-0.39, 0.29) is 12.5 Å². The predicted molar refractivity (Wildman–Crippen MR) is 90.5 cm³/mol. The molecule has 2 heterocycles. The van der Waals surface area contributed by atoms with Crippen molar-refractivity contribution in [3.05, 3.63) is 36.5 Å². The Morgan fingerprint density at radius 3 is 2.87 bits per heavy atom. The zero-order valence-corrected chi connectivity index (χ0v) is 13.3. The van der Waals surface area contributed by atoms with Gasteiger partial charge < -0.3 is 15.0 Å². The summed E-state index contributed by atoms with van der Waals surface area (Å²) in [4.78, 5) is 18.6. The van der Waals surface area contributed by atoms with Crippen molar-refractivity contribution in [1.29, 1.82) is 0 Å². The van der Waals surface area contributed by atoms with Gasteiger partial charge in [0, 0.05) is 24.7 Å². The van der Waals surface area contributed by atoms with E-state index in [0.717, 1.165) is 30.5 Å². The molecule has 0 radical (unpaired) electrons. The minimum atomic E-state index is -0.0880. The zero-order chi connectivity index (χ0) is 15.9. The lowest BCUT2D eigenvalue weighted by Crippen LogP contribution is -2.39. The highest BCUT2D eigenvalue weighted by molar-refractivity contribution is 5.85. The summed E-state index contributed by atoms with van der Waals surface area (Å²) in [6.45, 7) is 3.91. The monoisotopic (exact) mass is 313 g/mol. The third kappa shape index (κ3) is 4.42. The molecule has 0 bridgehead atoms. The summed E-state index contributed by atoms with van der Waals surface area (Å²) in [5.74, 6) is 0.559. The number of para-hydroxylation sites is 1. The standard InChI is InChI=1S/C18H23N3O2/c22-17(19-10-13-21-11-2-1-3-12-21)14-23-16-8-4-6-15-7-5-9-20-18(15)16/h4-9H,1-3,10-14H2,(H,19,22). The topological polar surface area (TPSA) is 54.5 Å². The molecule has 1 aromatic heterocycles. The molecule has 1 saturated heterocycles. The number of nitrogens with one attached hydrogen (secondary N) is 1. The summed E-state index contributed by atoms with van der Waals surface area (Å²) in [6.07, 6.45) is 5.60. The fourth-order valence-electron chi connectivity index (χ4n) is 2.92. The smallest absolute Gasteiger partial charge is 0.257 e. The number of rotatable bonds is 6. The fourth-order valence-corrected chi connectivity index (χ4v) is 2.92. The van der Waals surface area contributed by atoms with Crippen molar-refractivity contribution in [3.63, 3.8) is 0 Å². The number of likely N-dealkylation sites (tertiary alicyclic amines) is 1. The third-order valence-electron chi connectivity index (χ3n) is 4.15. The lowest BCUT2D eigenvalue weighted by molar-refractivity contribution is -0.123. The maximum absolute atomic E-state index is 11.9. The first-order valence-electron chi connectivity index (χ1n) is 8.28. The van der Waals surface area contributed by atoms with Crippen molar-refractivity contribution < 1.29 is 9.53 Å². The molecule has 0 spiro atoms. The molecule has 1 aromatic carbocycles. The minimum Gasteiger partial charge on any atom is -0.481 e. The van der Waals surface area contributed by atoms with Gasteiger partial charge in [-0.1, -0.05) is 24.6 Å². The number of aromatic nitrogens is 1. The van der Waals surface area contributed by atoms with Crippen LogP contribution in [-0.4, -0.2) is 48.6 Å². The molecule has 23 heavy (non-hydrogen) atoms. The molecule has 122 valence electrons. The quantitative estimate of drug-likeness (QED) is 0.888. The SMILES string of the molecule is O=C(COc1cccc2cccnc12)NCCN1CCCCC1. The molecule has 0 atom stereocenters. The number of carbonyl (C=O) groups is 1. The summed E-state index contributed by atoms with van der Waals surface area (Å²) >= 11 is 0. The number of pyridine rings is 1. The molecule has 2 aromatic rings. The number of nitrogens with zero attached hydrogens (tertiary/aromatic N) is 2. The number of carbonyl (C=O) groups excluding carboxylic acids is 1. The van der Waals surface area contributed by atoms with Gasteiger partial charge in [-0.25, -0.2) is 0 Å². The summed E-state index contributed by atoms with van der Waals surface area (Å²) in [6, 6.07) is 9.60. The van der Waals surface area contributed by atoms with Gasteiger partial charge in [0.1, 0.15) is 11.3 Å². The number of hydrogen-bond acceptors (Lipinski definition) is 4. The Labute approximate surface area is 136 Å². The van der Waals surface area contributed by atoms with Crippen LogP contribution in [0.15, 0.2) is 36.5 Å². The number of piperidine rings is 1. The maximum atomic E-state index is 11.9. The van der Waals surface area contributed by atoms with Gasteiger partial charge in [-0.3, -0.25) is 9.78 Å². The van der Waals surface area contributed by atoms with Gasteiger partial charge in [0.15, 0.2) is 6.61 Å². The van der Waals surface area contributed by atoms with Gasteiger partial charge in [-0.15, -0.1) is 0 Å². The van der Waals surface area contributed by atoms with E-state index in [4.69, 9.17) is 4.74 Å². The van der Waals surface area contributed by atoms with Gasteiger partial charge in [-0.05, 0) is 38.1 Å². The van der Waals surface area contributed by atoms with Crippen LogP contribution in [0.1, 0.15) is 19.3 Å². The molecule has 0 saturated carbocycles. The molecular weight excluding hydrogens is 290 g/mol. The van der Waals surface area contributed by atoms with Gasteiger partial charge in [0.05, 0.1) is 0 Å². The fraction of sp³-hybridized carbons (Fsp3) is 0.444. The summed E-state index contributed by atoms with van der Waals surface area (Å²) in [5, 5.41) is 3.93. The maximum Gasteiger partial charge on any atom is 0.257 e. The average molecular weight is 313 g/mol. The van der Waals surface area contributed by atoms with Gasteiger partial charge in [-0.2, -0.15) is 0 Å². The van der Waals surface area contributed by atoms with Crippen LogP contribution in [0.4, 0.5) is 0 Å².